The van der Waals surface area contributed by atoms with Crippen molar-refractivity contribution in [1.29, 1.82) is 5.26 Å². The largest absolute Gasteiger partial charge is 0.573 e. The SMILES string of the molecule is C=C1CCCC[C@@H](C(=O)NCc2ccc(C#N)cc2OC(F)(F)F)C1. The Morgan fingerprint density at radius 2 is 2.16 bits per heavy atom. The standard InChI is InChI=1S/C18H19F3N2O2/c1-12-4-2-3-5-14(8-12)17(24)23-11-15-7-6-13(10-22)9-16(15)25-18(19,20)21/h6-7,9,14H,1-5,8,11H2,(H,23,24)/t14-/m1/s1. The Labute approximate surface area is 144 Å². The number of nitrogens with zero attached hydrogens (tertiary/aromatic N) is 1. The Balaban J connectivity index is 2.07. The molecule has 1 fully saturated rings. The second kappa shape index (κ2) is 8.06. The summed E-state index contributed by atoms with van der Waals surface area (Å²) >= 11 is 0. The van der Waals surface area contributed by atoms with Crippen molar-refractivity contribution in [2.75, 3.05) is 0 Å². The van der Waals surface area contributed by atoms with Gasteiger partial charge in [0.05, 0.1) is 11.6 Å². The second-order valence-corrected chi connectivity index (χ2v) is 6.10. The number of nitrogens with one attached hydrogen (secondary N) is 1. The van der Waals surface area contributed by atoms with Gasteiger partial charge in [0, 0.05) is 18.0 Å². The molecule has 7 heteroatoms. The number of rotatable bonds is 4. The first-order valence-electron chi connectivity index (χ1n) is 8.01. The summed E-state index contributed by atoms with van der Waals surface area (Å²) in [6, 6.07) is 5.52. The first-order chi connectivity index (χ1) is 11.8. The lowest BCUT2D eigenvalue weighted by Gasteiger charge is -2.17. The van der Waals surface area contributed by atoms with Crippen LogP contribution in [0.3, 0.4) is 0 Å². The number of nitriles is 1. The van der Waals surface area contributed by atoms with Crippen LogP contribution in [0.4, 0.5) is 13.2 Å². The number of hydrogen-bond acceptors (Lipinski definition) is 3. The van der Waals surface area contributed by atoms with E-state index >= 15 is 0 Å². The average molecular weight is 352 g/mol. The van der Waals surface area contributed by atoms with E-state index < -0.39 is 12.1 Å². The third-order valence-electron chi connectivity index (χ3n) is 4.11. The minimum atomic E-state index is -4.87. The maximum atomic E-state index is 12.5. The van der Waals surface area contributed by atoms with Crippen LogP contribution in [0.2, 0.25) is 0 Å². The molecule has 0 heterocycles. The predicted octanol–water partition coefficient (Wildman–Crippen LogP) is 4.21. The van der Waals surface area contributed by atoms with Gasteiger partial charge in [-0.15, -0.1) is 13.2 Å². The van der Waals surface area contributed by atoms with Gasteiger partial charge in [-0.1, -0.05) is 24.6 Å². The number of halogens is 3. The number of carbonyl (C=O) groups excluding carboxylic acids is 1. The number of hydrogen-bond donors (Lipinski definition) is 1. The van der Waals surface area contributed by atoms with Crippen molar-refractivity contribution in [1.82, 2.24) is 5.32 Å². The first kappa shape index (κ1) is 18.8. The summed E-state index contributed by atoms with van der Waals surface area (Å²) < 4.78 is 41.6. The molecule has 0 unspecified atom stereocenters. The molecule has 25 heavy (non-hydrogen) atoms. The molecular formula is C18H19F3N2O2. The van der Waals surface area contributed by atoms with Crippen molar-refractivity contribution in [2.24, 2.45) is 5.92 Å². The number of alkyl halides is 3. The fourth-order valence-electron chi connectivity index (χ4n) is 2.86. The Morgan fingerprint density at radius 3 is 2.84 bits per heavy atom. The third-order valence-corrected chi connectivity index (χ3v) is 4.11. The van der Waals surface area contributed by atoms with E-state index in [9.17, 15) is 18.0 Å². The molecule has 1 atom stereocenters. The van der Waals surface area contributed by atoms with Gasteiger partial charge in [-0.3, -0.25) is 4.79 Å². The van der Waals surface area contributed by atoms with Crippen LogP contribution in [-0.4, -0.2) is 12.3 Å². The quantitative estimate of drug-likeness (QED) is 0.652. The van der Waals surface area contributed by atoms with E-state index in [-0.39, 0.29) is 29.5 Å². The summed E-state index contributed by atoms with van der Waals surface area (Å²) in [6.07, 6.45) is -0.692. The van der Waals surface area contributed by atoms with Crippen molar-refractivity contribution in [3.05, 3.63) is 41.5 Å². The van der Waals surface area contributed by atoms with E-state index in [4.69, 9.17) is 5.26 Å². The Bertz CT molecular complexity index is 693. The van der Waals surface area contributed by atoms with Gasteiger partial charge in [0.15, 0.2) is 0 Å². The lowest BCUT2D eigenvalue weighted by atomic mass is 9.97. The highest BCUT2D eigenvalue weighted by Crippen LogP contribution is 2.29. The summed E-state index contributed by atoms with van der Waals surface area (Å²) in [5.41, 5.74) is 1.24. The van der Waals surface area contributed by atoms with E-state index in [1.54, 1.807) is 6.07 Å². The summed E-state index contributed by atoms with van der Waals surface area (Å²) in [5.74, 6) is -0.886. The van der Waals surface area contributed by atoms with Gasteiger partial charge in [-0.25, -0.2) is 0 Å². The number of carbonyl (C=O) groups is 1. The van der Waals surface area contributed by atoms with Gasteiger partial charge in [0.2, 0.25) is 5.91 Å². The lowest BCUT2D eigenvalue weighted by Crippen LogP contribution is -2.30. The highest BCUT2D eigenvalue weighted by atomic mass is 19.4. The summed E-state index contributed by atoms with van der Waals surface area (Å²) in [5, 5.41) is 11.5. The summed E-state index contributed by atoms with van der Waals surface area (Å²) in [4.78, 5) is 12.3. The molecule has 1 aliphatic carbocycles. The number of amides is 1. The molecule has 0 saturated heterocycles. The van der Waals surface area contributed by atoms with E-state index in [2.05, 4.69) is 16.6 Å². The van der Waals surface area contributed by atoms with E-state index in [0.717, 1.165) is 37.3 Å². The van der Waals surface area contributed by atoms with E-state index in [1.165, 1.54) is 12.1 Å². The number of ether oxygens (including phenoxy) is 1. The number of benzene rings is 1. The van der Waals surface area contributed by atoms with Crippen LogP contribution in [0.25, 0.3) is 0 Å². The molecule has 0 spiro atoms. The third kappa shape index (κ3) is 5.82. The van der Waals surface area contributed by atoms with Crippen LogP contribution < -0.4 is 10.1 Å². The van der Waals surface area contributed by atoms with Crippen LogP contribution in [0.5, 0.6) is 5.75 Å². The van der Waals surface area contributed by atoms with E-state index in [1.807, 2.05) is 0 Å². The Hall–Kier alpha value is -2.49. The maximum absolute atomic E-state index is 12.5. The topological polar surface area (TPSA) is 62.1 Å². The van der Waals surface area contributed by atoms with Crippen LogP contribution in [0.1, 0.15) is 43.2 Å². The Kier molecular flexibility index (Phi) is 6.07. The molecule has 0 aliphatic heterocycles. The minimum absolute atomic E-state index is 0.0504. The molecule has 1 aliphatic rings. The first-order valence-corrected chi connectivity index (χ1v) is 8.01. The van der Waals surface area contributed by atoms with Crippen LogP contribution in [0, 0.1) is 17.2 Å². The van der Waals surface area contributed by atoms with Gasteiger partial charge >= 0.3 is 6.36 Å². The highest BCUT2D eigenvalue weighted by Gasteiger charge is 2.32. The fourth-order valence-corrected chi connectivity index (χ4v) is 2.86. The fraction of sp³-hybridized carbons (Fsp3) is 0.444. The van der Waals surface area contributed by atoms with Crippen LogP contribution in [-0.2, 0) is 11.3 Å². The molecule has 1 aromatic carbocycles. The van der Waals surface area contributed by atoms with Gasteiger partial charge in [-0.2, -0.15) is 5.26 Å². The minimum Gasteiger partial charge on any atom is -0.405 e. The van der Waals surface area contributed by atoms with Crippen molar-refractivity contribution in [3.8, 4) is 11.8 Å². The van der Waals surface area contributed by atoms with Crippen molar-refractivity contribution >= 4 is 5.91 Å². The molecular weight excluding hydrogens is 333 g/mol. The normalized spacial score (nSPS) is 18.2. The maximum Gasteiger partial charge on any atom is 0.573 e. The van der Waals surface area contributed by atoms with Gasteiger partial charge in [0.1, 0.15) is 5.75 Å². The monoisotopic (exact) mass is 352 g/mol. The zero-order valence-electron chi connectivity index (χ0n) is 13.7. The average Bonchev–Trinajstić information content (AvgIpc) is 2.76. The molecule has 1 saturated carbocycles. The molecule has 4 nitrogen and oxygen atoms in total. The smallest absolute Gasteiger partial charge is 0.405 e. The summed E-state index contributed by atoms with van der Waals surface area (Å²) in [6.45, 7) is 3.84. The van der Waals surface area contributed by atoms with Gasteiger partial charge in [-0.05, 0) is 37.8 Å². The van der Waals surface area contributed by atoms with Crippen molar-refractivity contribution in [3.63, 3.8) is 0 Å². The molecule has 0 aromatic heterocycles. The zero-order valence-corrected chi connectivity index (χ0v) is 13.7. The molecule has 1 aromatic rings. The lowest BCUT2D eigenvalue weighted by molar-refractivity contribution is -0.274. The molecule has 1 amide bonds. The van der Waals surface area contributed by atoms with Crippen LogP contribution in [0.15, 0.2) is 30.4 Å². The highest BCUT2D eigenvalue weighted by molar-refractivity contribution is 5.79. The predicted molar refractivity (Wildman–Crippen MR) is 85.4 cm³/mol. The molecule has 0 bridgehead atoms. The Morgan fingerprint density at radius 1 is 1.40 bits per heavy atom. The van der Waals surface area contributed by atoms with Gasteiger partial charge < -0.3 is 10.1 Å². The molecule has 0 radical (unpaired) electrons. The summed E-state index contributed by atoms with van der Waals surface area (Å²) in [7, 11) is 0. The number of allylic oxidation sites excluding steroid dienone is 1. The van der Waals surface area contributed by atoms with E-state index in [0.29, 0.717) is 6.42 Å². The van der Waals surface area contributed by atoms with Gasteiger partial charge in [0.25, 0.3) is 0 Å². The molecule has 2 rings (SSSR count). The zero-order chi connectivity index (χ0) is 18.4. The van der Waals surface area contributed by atoms with Crippen molar-refractivity contribution < 1.29 is 22.7 Å². The van der Waals surface area contributed by atoms with Crippen LogP contribution >= 0.6 is 0 Å². The van der Waals surface area contributed by atoms with Crippen molar-refractivity contribution in [2.45, 2.75) is 45.0 Å². The molecule has 134 valence electrons. The molecule has 1 N–H and O–H groups in total. The second-order valence-electron chi connectivity index (χ2n) is 6.10.